The highest BCUT2D eigenvalue weighted by molar-refractivity contribution is 6.15. The summed E-state index contributed by atoms with van der Waals surface area (Å²) in [6.07, 6.45) is 2.40. The number of ether oxygens (including phenoxy) is 2. The normalized spacial score (nSPS) is 17.2. The van der Waals surface area contributed by atoms with Crippen molar-refractivity contribution in [2.75, 3.05) is 32.8 Å². The van der Waals surface area contributed by atoms with Crippen molar-refractivity contribution in [3.8, 4) is 11.5 Å². The first-order chi connectivity index (χ1) is 15.9. The van der Waals surface area contributed by atoms with Crippen molar-refractivity contribution in [2.24, 2.45) is 0 Å². The maximum absolute atomic E-state index is 13.1. The second-order valence-electron chi connectivity index (χ2n) is 8.39. The highest BCUT2D eigenvalue weighted by atomic mass is 16.6. The third kappa shape index (κ3) is 4.73. The Bertz CT molecular complexity index is 1080. The fourth-order valence-electron chi connectivity index (χ4n) is 4.26. The molecule has 2 aromatic carbocycles. The van der Waals surface area contributed by atoms with Gasteiger partial charge in [0, 0.05) is 32.7 Å². The van der Waals surface area contributed by atoms with Gasteiger partial charge in [-0.3, -0.25) is 9.69 Å². The van der Waals surface area contributed by atoms with E-state index in [-0.39, 0.29) is 23.4 Å². The first kappa shape index (κ1) is 22.9. The number of amides is 1. The lowest BCUT2D eigenvalue weighted by molar-refractivity contribution is 0.0774. The molecule has 0 saturated carbocycles. The van der Waals surface area contributed by atoms with Crippen LogP contribution in [0.25, 0.3) is 6.08 Å². The summed E-state index contributed by atoms with van der Waals surface area (Å²) < 4.78 is 11.1. The number of aromatic hydroxyl groups is 1. The van der Waals surface area contributed by atoms with Gasteiger partial charge in [0.15, 0.2) is 5.76 Å². The number of nitrogens with zero attached hydrogens (tertiary/aromatic N) is 2. The molecule has 2 aromatic rings. The van der Waals surface area contributed by atoms with Gasteiger partial charge in [-0.2, -0.15) is 0 Å². The molecule has 7 heteroatoms. The van der Waals surface area contributed by atoms with E-state index in [1.54, 1.807) is 30.9 Å². The van der Waals surface area contributed by atoms with E-state index in [0.29, 0.717) is 61.8 Å². The summed E-state index contributed by atoms with van der Waals surface area (Å²) in [5, 5.41) is 10.7. The molecule has 1 N–H and O–H groups in total. The number of rotatable bonds is 5. The third-order valence-corrected chi connectivity index (χ3v) is 6.19. The smallest absolute Gasteiger partial charge is 0.409 e. The molecule has 0 bridgehead atoms. The lowest BCUT2D eigenvalue weighted by Gasteiger charge is -2.34. The molecule has 2 aliphatic rings. The average Bonchev–Trinajstić information content (AvgIpc) is 3.14. The molecule has 1 saturated heterocycles. The van der Waals surface area contributed by atoms with Gasteiger partial charge in [-0.15, -0.1) is 0 Å². The molecule has 0 radical (unpaired) electrons. The minimum absolute atomic E-state index is 0.112. The Morgan fingerprint density at radius 2 is 1.85 bits per heavy atom. The first-order valence-electron chi connectivity index (χ1n) is 11.4. The number of benzene rings is 2. The Labute approximate surface area is 194 Å². The van der Waals surface area contributed by atoms with E-state index in [1.165, 1.54) is 5.56 Å². The van der Waals surface area contributed by atoms with E-state index < -0.39 is 0 Å². The van der Waals surface area contributed by atoms with Gasteiger partial charge < -0.3 is 19.5 Å². The van der Waals surface area contributed by atoms with Gasteiger partial charge in [0.05, 0.1) is 17.7 Å². The van der Waals surface area contributed by atoms with E-state index in [2.05, 4.69) is 11.8 Å². The van der Waals surface area contributed by atoms with Crippen molar-refractivity contribution in [3.05, 3.63) is 63.9 Å². The van der Waals surface area contributed by atoms with Crippen LogP contribution >= 0.6 is 0 Å². The second kappa shape index (κ2) is 9.67. The van der Waals surface area contributed by atoms with Gasteiger partial charge in [0.25, 0.3) is 0 Å². The van der Waals surface area contributed by atoms with Crippen LogP contribution in [0.5, 0.6) is 11.5 Å². The molecule has 0 aliphatic carbocycles. The van der Waals surface area contributed by atoms with Gasteiger partial charge in [-0.1, -0.05) is 31.2 Å². The number of Topliss-reactive ketones (excluding diaryl/α,β-unsaturated/α-hetero) is 1. The number of phenols is 1. The van der Waals surface area contributed by atoms with E-state index in [1.807, 2.05) is 24.3 Å². The summed E-state index contributed by atoms with van der Waals surface area (Å²) in [7, 11) is 0. The molecule has 174 valence electrons. The molecular formula is C26H30N2O5. The van der Waals surface area contributed by atoms with Crippen LogP contribution in [0, 0.1) is 6.92 Å². The average molecular weight is 451 g/mol. The van der Waals surface area contributed by atoms with Crippen molar-refractivity contribution in [1.29, 1.82) is 0 Å². The molecule has 0 spiro atoms. The Kier molecular flexibility index (Phi) is 6.70. The number of hydrogen-bond donors (Lipinski definition) is 1. The SMILES string of the molecule is CCOC(=O)N1CCN(Cc2c(O)cc(C)c3c2O/C(=C\c2ccc(CC)cc2)C3=O)CC1. The van der Waals surface area contributed by atoms with Crippen molar-refractivity contribution in [3.63, 3.8) is 0 Å². The Morgan fingerprint density at radius 1 is 1.15 bits per heavy atom. The standard InChI is InChI=1S/C26H30N2O5/c1-4-18-6-8-19(9-7-18)15-22-24(30)23-17(3)14-21(29)20(25(23)33-22)16-27-10-12-28(13-11-27)26(31)32-5-2/h6-9,14-15,29H,4-5,10-13,16H2,1-3H3/b22-15-. The lowest BCUT2D eigenvalue weighted by Crippen LogP contribution is -2.48. The summed E-state index contributed by atoms with van der Waals surface area (Å²) in [4.78, 5) is 28.9. The predicted octanol–water partition coefficient (Wildman–Crippen LogP) is 4.15. The minimum atomic E-state index is -0.299. The third-order valence-electron chi connectivity index (χ3n) is 6.19. The number of fused-ring (bicyclic) bond motifs is 1. The predicted molar refractivity (Wildman–Crippen MR) is 125 cm³/mol. The molecular weight excluding hydrogens is 420 g/mol. The van der Waals surface area contributed by atoms with Crippen LogP contribution in [-0.2, 0) is 17.7 Å². The van der Waals surface area contributed by atoms with Crippen LogP contribution in [0.1, 0.15) is 46.5 Å². The number of piperazine rings is 1. The first-order valence-corrected chi connectivity index (χ1v) is 11.4. The Morgan fingerprint density at radius 3 is 2.48 bits per heavy atom. The molecule has 1 amide bonds. The van der Waals surface area contributed by atoms with E-state index in [4.69, 9.17) is 9.47 Å². The zero-order chi connectivity index (χ0) is 23.5. The van der Waals surface area contributed by atoms with E-state index >= 15 is 0 Å². The quantitative estimate of drug-likeness (QED) is 0.690. The van der Waals surface area contributed by atoms with Crippen molar-refractivity contribution >= 4 is 18.0 Å². The number of allylic oxidation sites excluding steroid dienone is 1. The van der Waals surface area contributed by atoms with Gasteiger partial charge >= 0.3 is 6.09 Å². The molecule has 0 aromatic heterocycles. The molecule has 2 heterocycles. The second-order valence-corrected chi connectivity index (χ2v) is 8.39. The molecule has 0 unspecified atom stereocenters. The number of carbonyl (C=O) groups excluding carboxylic acids is 2. The summed E-state index contributed by atoms with van der Waals surface area (Å²) in [6.45, 7) is 8.85. The highest BCUT2D eigenvalue weighted by Crippen LogP contribution is 2.42. The molecule has 4 rings (SSSR count). The highest BCUT2D eigenvalue weighted by Gasteiger charge is 2.34. The monoisotopic (exact) mass is 450 g/mol. The minimum Gasteiger partial charge on any atom is -0.507 e. The zero-order valence-electron chi connectivity index (χ0n) is 19.4. The van der Waals surface area contributed by atoms with Gasteiger partial charge in [-0.25, -0.2) is 4.79 Å². The maximum Gasteiger partial charge on any atom is 0.409 e. The van der Waals surface area contributed by atoms with Gasteiger partial charge in [-0.05, 0) is 49.1 Å². The molecule has 1 fully saturated rings. The number of aryl methyl sites for hydroxylation is 2. The van der Waals surface area contributed by atoms with E-state index in [0.717, 1.165) is 12.0 Å². The van der Waals surface area contributed by atoms with Gasteiger partial charge in [0.2, 0.25) is 5.78 Å². The fraction of sp³-hybridized carbons (Fsp3) is 0.385. The molecule has 0 atom stereocenters. The summed E-state index contributed by atoms with van der Waals surface area (Å²) in [6, 6.07) is 9.65. The summed E-state index contributed by atoms with van der Waals surface area (Å²) >= 11 is 0. The van der Waals surface area contributed by atoms with E-state index in [9.17, 15) is 14.7 Å². The van der Waals surface area contributed by atoms with Crippen LogP contribution in [0.2, 0.25) is 0 Å². The van der Waals surface area contributed by atoms with Crippen molar-refractivity contribution in [1.82, 2.24) is 9.80 Å². The summed E-state index contributed by atoms with van der Waals surface area (Å²) in [5.41, 5.74) is 3.91. The number of carbonyl (C=O) groups is 2. The fourth-order valence-corrected chi connectivity index (χ4v) is 4.26. The number of phenolic OH excluding ortho intramolecular Hbond substituents is 1. The molecule has 7 nitrogen and oxygen atoms in total. The van der Waals surface area contributed by atoms with Crippen molar-refractivity contribution < 1.29 is 24.2 Å². The zero-order valence-corrected chi connectivity index (χ0v) is 19.4. The topological polar surface area (TPSA) is 79.3 Å². The molecule has 33 heavy (non-hydrogen) atoms. The summed E-state index contributed by atoms with van der Waals surface area (Å²) in [5.74, 6) is 0.633. The van der Waals surface area contributed by atoms with Crippen LogP contribution < -0.4 is 4.74 Å². The maximum atomic E-state index is 13.1. The van der Waals surface area contributed by atoms with Crippen LogP contribution in [0.4, 0.5) is 4.79 Å². The molecule has 2 aliphatic heterocycles. The number of hydrogen-bond acceptors (Lipinski definition) is 6. The largest absolute Gasteiger partial charge is 0.507 e. The number of ketones is 1. The van der Waals surface area contributed by atoms with Crippen LogP contribution in [-0.4, -0.2) is 59.6 Å². The van der Waals surface area contributed by atoms with Gasteiger partial charge in [0.1, 0.15) is 11.5 Å². The Hall–Kier alpha value is -3.32. The van der Waals surface area contributed by atoms with Crippen LogP contribution in [0.15, 0.2) is 36.1 Å². The Balaban J connectivity index is 1.54. The van der Waals surface area contributed by atoms with Crippen molar-refractivity contribution in [2.45, 2.75) is 33.7 Å². The lowest BCUT2D eigenvalue weighted by atomic mass is 9.99. The van der Waals surface area contributed by atoms with Crippen LogP contribution in [0.3, 0.4) is 0 Å².